The maximum absolute atomic E-state index is 13.0. The van der Waals surface area contributed by atoms with Crippen LogP contribution in [0.1, 0.15) is 41.4 Å². The van der Waals surface area contributed by atoms with Gasteiger partial charge in [-0.05, 0) is 37.1 Å². The van der Waals surface area contributed by atoms with Crippen molar-refractivity contribution in [2.45, 2.75) is 44.6 Å². The molecule has 32 heavy (non-hydrogen) atoms. The van der Waals surface area contributed by atoms with Gasteiger partial charge in [-0.1, -0.05) is 12.1 Å². The first-order valence-electron chi connectivity index (χ1n) is 10.6. The molecule has 2 aliphatic heterocycles. The molecule has 2 N–H and O–H groups in total. The van der Waals surface area contributed by atoms with Crippen LogP contribution in [0.3, 0.4) is 0 Å². The van der Waals surface area contributed by atoms with Crippen LogP contribution in [-0.2, 0) is 11.3 Å². The Morgan fingerprint density at radius 2 is 2.06 bits per heavy atom. The number of carbonyl (C=O) groups excluding carboxylic acids is 1. The number of rotatable bonds is 5. The lowest BCUT2D eigenvalue weighted by Crippen LogP contribution is -2.48. The summed E-state index contributed by atoms with van der Waals surface area (Å²) in [6.07, 6.45) is -4.31. The smallest absolute Gasteiger partial charge is 0.366 e. The maximum Gasteiger partial charge on any atom is 0.415 e. The lowest BCUT2D eigenvalue weighted by Gasteiger charge is -2.33. The van der Waals surface area contributed by atoms with E-state index in [1.54, 1.807) is 11.0 Å². The number of primary amides is 1. The van der Waals surface area contributed by atoms with Crippen molar-refractivity contribution in [3.63, 3.8) is 0 Å². The molecule has 1 amide bonds. The highest BCUT2D eigenvalue weighted by Gasteiger charge is 2.43. The summed E-state index contributed by atoms with van der Waals surface area (Å²) in [6, 6.07) is 7.57. The van der Waals surface area contributed by atoms with Crippen molar-refractivity contribution >= 4 is 23.0 Å². The third-order valence-electron chi connectivity index (χ3n) is 5.85. The quantitative estimate of drug-likeness (QED) is 0.759. The van der Waals surface area contributed by atoms with Gasteiger partial charge in [0, 0.05) is 49.7 Å². The van der Waals surface area contributed by atoms with Crippen LogP contribution in [0.5, 0.6) is 0 Å². The number of nitrogens with zero attached hydrogens (tertiary/aromatic N) is 4. The Morgan fingerprint density at radius 3 is 2.72 bits per heavy atom. The average Bonchev–Trinajstić information content (AvgIpc) is 3.23. The number of carbonyl (C=O) groups is 1. The molecule has 1 aromatic carbocycles. The van der Waals surface area contributed by atoms with E-state index in [-0.39, 0.29) is 30.8 Å². The number of morpholine rings is 1. The number of alkyl halides is 3. The van der Waals surface area contributed by atoms with Crippen molar-refractivity contribution in [2.75, 3.05) is 26.2 Å². The van der Waals surface area contributed by atoms with E-state index in [1.807, 2.05) is 29.4 Å². The fourth-order valence-electron chi connectivity index (χ4n) is 4.12. The van der Waals surface area contributed by atoms with E-state index >= 15 is 0 Å². The molecule has 0 spiro atoms. The minimum absolute atomic E-state index is 0.0152. The van der Waals surface area contributed by atoms with E-state index in [2.05, 4.69) is 23.9 Å². The summed E-state index contributed by atoms with van der Waals surface area (Å²) in [5, 5.41) is 7.31. The SMILES string of the molecule is CC(C)N1CC(c2cc(C(N)=O)nc3cc(CN4CCOC(C(F)(F)F)C4)ccc23)C=N1. The number of halogens is 3. The summed E-state index contributed by atoms with van der Waals surface area (Å²) in [4.78, 5) is 18.0. The molecule has 2 aliphatic rings. The number of benzene rings is 1. The van der Waals surface area contributed by atoms with Gasteiger partial charge in [-0.3, -0.25) is 14.7 Å². The fourth-order valence-corrected chi connectivity index (χ4v) is 4.12. The topological polar surface area (TPSA) is 84.0 Å². The van der Waals surface area contributed by atoms with Gasteiger partial charge in [-0.25, -0.2) is 4.98 Å². The first-order valence-corrected chi connectivity index (χ1v) is 10.6. The number of hydrogen-bond acceptors (Lipinski definition) is 6. The molecule has 3 heterocycles. The van der Waals surface area contributed by atoms with E-state index in [1.165, 1.54) is 0 Å². The Hall–Kier alpha value is -2.72. The second kappa shape index (κ2) is 8.67. The molecule has 0 aliphatic carbocycles. The van der Waals surface area contributed by atoms with Crippen molar-refractivity contribution in [2.24, 2.45) is 10.8 Å². The van der Waals surface area contributed by atoms with Crippen LogP contribution in [0.2, 0.25) is 0 Å². The molecular formula is C22H26F3N5O2. The van der Waals surface area contributed by atoms with Crippen molar-refractivity contribution in [3.05, 3.63) is 41.1 Å². The predicted octanol–water partition coefficient (Wildman–Crippen LogP) is 2.89. The van der Waals surface area contributed by atoms with Crippen molar-refractivity contribution in [1.29, 1.82) is 0 Å². The standard InChI is InChI=1S/C22H26F3N5O2/c1-13(2)30-11-15(9-27-30)17-8-19(21(26)31)28-18-7-14(3-4-16(17)18)10-29-5-6-32-20(12-29)22(23,24)25/h3-4,7-9,13,15,20H,5-6,10-12H2,1-2H3,(H2,26,31). The lowest BCUT2D eigenvalue weighted by molar-refractivity contribution is -0.237. The monoisotopic (exact) mass is 449 g/mol. The van der Waals surface area contributed by atoms with E-state index < -0.39 is 18.2 Å². The van der Waals surface area contributed by atoms with Crippen molar-refractivity contribution < 1.29 is 22.7 Å². The maximum atomic E-state index is 13.0. The van der Waals surface area contributed by atoms with Crippen LogP contribution < -0.4 is 5.73 Å². The average molecular weight is 449 g/mol. The highest BCUT2D eigenvalue weighted by atomic mass is 19.4. The van der Waals surface area contributed by atoms with Crippen LogP contribution >= 0.6 is 0 Å². The Bertz CT molecular complexity index is 1040. The minimum Gasteiger partial charge on any atom is -0.366 e. The number of hydrogen-bond donors (Lipinski definition) is 1. The molecule has 0 bridgehead atoms. The van der Waals surface area contributed by atoms with E-state index in [9.17, 15) is 18.0 Å². The number of amides is 1. The van der Waals surface area contributed by atoms with Crippen LogP contribution in [-0.4, -0.2) is 71.6 Å². The summed E-state index contributed by atoms with van der Waals surface area (Å²) in [7, 11) is 0. The summed E-state index contributed by atoms with van der Waals surface area (Å²) in [5.41, 5.74) is 7.98. The first-order chi connectivity index (χ1) is 15.1. The van der Waals surface area contributed by atoms with E-state index in [0.29, 0.717) is 25.2 Å². The number of aromatic nitrogens is 1. The molecule has 1 saturated heterocycles. The van der Waals surface area contributed by atoms with Gasteiger partial charge in [-0.2, -0.15) is 18.3 Å². The van der Waals surface area contributed by atoms with Gasteiger partial charge in [0.25, 0.3) is 5.91 Å². The zero-order chi connectivity index (χ0) is 23.0. The molecule has 2 atom stereocenters. The van der Waals surface area contributed by atoms with Gasteiger partial charge in [0.05, 0.1) is 12.1 Å². The second-order valence-corrected chi connectivity index (χ2v) is 8.54. The minimum atomic E-state index is -4.39. The molecular weight excluding hydrogens is 423 g/mol. The van der Waals surface area contributed by atoms with Crippen molar-refractivity contribution in [3.8, 4) is 0 Å². The highest BCUT2D eigenvalue weighted by molar-refractivity contribution is 5.96. The number of nitrogens with two attached hydrogens (primary N) is 1. The highest BCUT2D eigenvalue weighted by Crippen LogP contribution is 2.30. The first kappa shape index (κ1) is 22.5. The molecule has 0 saturated carbocycles. The van der Waals surface area contributed by atoms with Gasteiger partial charge >= 0.3 is 6.18 Å². The normalized spacial score (nSPS) is 22.2. The Labute approximate surface area is 184 Å². The molecule has 2 unspecified atom stereocenters. The summed E-state index contributed by atoms with van der Waals surface area (Å²) >= 11 is 0. The number of pyridine rings is 1. The van der Waals surface area contributed by atoms with Crippen LogP contribution in [0.4, 0.5) is 13.2 Å². The number of ether oxygens (including phenoxy) is 1. The molecule has 2 aromatic rings. The molecule has 7 nitrogen and oxygen atoms in total. The Kier molecular flexibility index (Phi) is 6.09. The van der Waals surface area contributed by atoms with Crippen LogP contribution in [0.25, 0.3) is 10.9 Å². The molecule has 1 aromatic heterocycles. The summed E-state index contributed by atoms with van der Waals surface area (Å²) in [5.74, 6) is -0.644. The van der Waals surface area contributed by atoms with Crippen LogP contribution in [0, 0.1) is 0 Å². The zero-order valence-corrected chi connectivity index (χ0v) is 18.0. The van der Waals surface area contributed by atoms with Gasteiger partial charge in [0.2, 0.25) is 0 Å². The van der Waals surface area contributed by atoms with Crippen molar-refractivity contribution in [1.82, 2.24) is 14.9 Å². The van der Waals surface area contributed by atoms with Gasteiger partial charge in [0.15, 0.2) is 6.10 Å². The van der Waals surface area contributed by atoms with Gasteiger partial charge in [0.1, 0.15) is 5.69 Å². The number of fused-ring (bicyclic) bond motifs is 1. The molecule has 4 rings (SSSR count). The molecule has 0 radical (unpaired) electrons. The van der Waals surface area contributed by atoms with E-state index in [0.717, 1.165) is 16.5 Å². The second-order valence-electron chi connectivity index (χ2n) is 8.54. The molecule has 10 heteroatoms. The van der Waals surface area contributed by atoms with Gasteiger partial charge in [-0.15, -0.1) is 0 Å². The van der Waals surface area contributed by atoms with Crippen LogP contribution in [0.15, 0.2) is 29.4 Å². The largest absolute Gasteiger partial charge is 0.415 e. The summed E-state index contributed by atoms with van der Waals surface area (Å²) < 4.78 is 44.0. The summed E-state index contributed by atoms with van der Waals surface area (Å²) in [6.45, 7) is 5.35. The fraction of sp³-hybridized carbons (Fsp3) is 0.500. The molecule has 172 valence electrons. The Balaban J connectivity index is 1.62. The van der Waals surface area contributed by atoms with Gasteiger partial charge < -0.3 is 10.5 Å². The predicted molar refractivity (Wildman–Crippen MR) is 114 cm³/mol. The lowest BCUT2D eigenvalue weighted by atomic mass is 9.94. The van der Waals surface area contributed by atoms with E-state index in [4.69, 9.17) is 10.5 Å². The molecule has 1 fully saturated rings. The Morgan fingerprint density at radius 1 is 1.28 bits per heavy atom. The zero-order valence-electron chi connectivity index (χ0n) is 18.0. The third-order valence-corrected chi connectivity index (χ3v) is 5.85. The number of hydrazone groups is 1. The third kappa shape index (κ3) is 4.71.